The number of aryl methyl sites for hydroxylation is 1. The maximum Gasteiger partial charge on any atom is 0.338 e. The summed E-state index contributed by atoms with van der Waals surface area (Å²) >= 11 is 0. The summed E-state index contributed by atoms with van der Waals surface area (Å²) in [6.45, 7) is 9.40. The molecule has 1 aromatic carbocycles. The molecular weight excluding hydrogens is 346 g/mol. The average molecular weight is 384 g/mol. The van der Waals surface area contributed by atoms with Crippen LogP contribution in [0.3, 0.4) is 0 Å². The number of unbranched alkanes of at least 4 members (excludes halogenated alkanes) is 5. The fraction of sp³-hybridized carbons (Fsp3) is 0.640. The number of hydrogen-bond acceptors (Lipinski definition) is 2. The number of fused-ring (bicyclic) bond motifs is 3. The topological polar surface area (TPSA) is 42.1 Å². The molecule has 0 radical (unpaired) electrons. The minimum Gasteiger partial charge on any atom is -0.462 e. The highest BCUT2D eigenvalue weighted by Crippen LogP contribution is 2.50. The molecule has 0 bridgehead atoms. The van der Waals surface area contributed by atoms with Crippen molar-refractivity contribution >= 4 is 16.9 Å². The Kier molecular flexibility index (Phi) is 6.85. The normalized spacial score (nSPS) is 18.2. The monoisotopic (exact) mass is 383 g/mol. The molecule has 0 saturated carbocycles. The summed E-state index contributed by atoms with van der Waals surface area (Å²) in [5, 5.41) is 1.30. The third-order valence-corrected chi connectivity index (χ3v) is 6.59. The lowest BCUT2D eigenvalue weighted by Crippen LogP contribution is -2.28. The summed E-state index contributed by atoms with van der Waals surface area (Å²) in [4.78, 5) is 15.7. The Morgan fingerprint density at radius 3 is 2.64 bits per heavy atom. The SMILES string of the molecule is CCCCCCCCC1c2c([nH]c3cc(C(=O)OCC)ccc23)CCC1(C)C. The minimum atomic E-state index is -0.235. The van der Waals surface area contributed by atoms with E-state index in [9.17, 15) is 4.79 Å². The maximum absolute atomic E-state index is 12.1. The predicted molar refractivity (Wildman–Crippen MR) is 117 cm³/mol. The van der Waals surface area contributed by atoms with Crippen LogP contribution in [0, 0.1) is 5.41 Å². The second kappa shape index (κ2) is 9.15. The van der Waals surface area contributed by atoms with Crippen LogP contribution in [-0.4, -0.2) is 17.6 Å². The molecule has 1 N–H and O–H groups in total. The largest absolute Gasteiger partial charge is 0.462 e. The number of carbonyl (C=O) groups excluding carboxylic acids is 1. The van der Waals surface area contributed by atoms with E-state index in [1.807, 2.05) is 19.1 Å². The van der Waals surface area contributed by atoms with Crippen molar-refractivity contribution in [3.63, 3.8) is 0 Å². The number of H-pyrrole nitrogens is 1. The summed E-state index contributed by atoms with van der Waals surface area (Å²) in [5.74, 6) is 0.352. The van der Waals surface area contributed by atoms with Crippen LogP contribution in [0.15, 0.2) is 18.2 Å². The molecule has 1 heterocycles. The van der Waals surface area contributed by atoms with Crippen LogP contribution in [0.1, 0.15) is 107 Å². The molecule has 1 unspecified atom stereocenters. The molecule has 0 aliphatic heterocycles. The van der Waals surface area contributed by atoms with Gasteiger partial charge in [0.15, 0.2) is 0 Å². The van der Waals surface area contributed by atoms with Gasteiger partial charge >= 0.3 is 5.97 Å². The Labute approximate surface area is 170 Å². The third-order valence-electron chi connectivity index (χ3n) is 6.59. The number of carbonyl (C=O) groups is 1. The van der Waals surface area contributed by atoms with Crippen LogP contribution in [0.5, 0.6) is 0 Å². The molecular formula is C25H37NO2. The Morgan fingerprint density at radius 2 is 1.89 bits per heavy atom. The molecule has 3 nitrogen and oxygen atoms in total. The van der Waals surface area contributed by atoms with Gasteiger partial charge in [0.25, 0.3) is 0 Å². The number of nitrogens with one attached hydrogen (secondary N) is 1. The van der Waals surface area contributed by atoms with Gasteiger partial charge in [-0.3, -0.25) is 0 Å². The number of benzene rings is 1. The van der Waals surface area contributed by atoms with Crippen molar-refractivity contribution in [3.8, 4) is 0 Å². The van der Waals surface area contributed by atoms with Crippen molar-refractivity contribution in [2.24, 2.45) is 5.41 Å². The van der Waals surface area contributed by atoms with Crippen LogP contribution in [-0.2, 0) is 11.2 Å². The van der Waals surface area contributed by atoms with Crippen molar-refractivity contribution in [2.45, 2.75) is 91.4 Å². The van der Waals surface area contributed by atoms with Crippen LogP contribution in [0.2, 0.25) is 0 Å². The highest BCUT2D eigenvalue weighted by molar-refractivity contribution is 5.96. The van der Waals surface area contributed by atoms with Gasteiger partial charge in [0, 0.05) is 16.6 Å². The summed E-state index contributed by atoms with van der Waals surface area (Å²) in [6.07, 6.45) is 11.6. The van der Waals surface area contributed by atoms with Gasteiger partial charge < -0.3 is 9.72 Å². The molecule has 3 heteroatoms. The van der Waals surface area contributed by atoms with Gasteiger partial charge in [-0.25, -0.2) is 4.79 Å². The first-order valence-corrected chi connectivity index (χ1v) is 11.3. The molecule has 0 fully saturated rings. The molecule has 1 aliphatic rings. The molecule has 154 valence electrons. The molecule has 0 spiro atoms. The molecule has 2 aromatic rings. The second-order valence-electron chi connectivity index (χ2n) is 9.10. The first-order valence-electron chi connectivity index (χ1n) is 11.3. The van der Waals surface area contributed by atoms with Crippen molar-refractivity contribution in [1.82, 2.24) is 4.98 Å². The van der Waals surface area contributed by atoms with E-state index in [-0.39, 0.29) is 5.97 Å². The number of esters is 1. The van der Waals surface area contributed by atoms with Crippen LogP contribution >= 0.6 is 0 Å². The van der Waals surface area contributed by atoms with E-state index in [0.29, 0.717) is 23.5 Å². The zero-order chi connectivity index (χ0) is 20.1. The van der Waals surface area contributed by atoms with Crippen LogP contribution < -0.4 is 0 Å². The summed E-state index contributed by atoms with van der Waals surface area (Å²) in [5.41, 5.74) is 4.94. The number of aromatic amines is 1. The summed E-state index contributed by atoms with van der Waals surface area (Å²) in [6, 6.07) is 6.03. The van der Waals surface area contributed by atoms with Gasteiger partial charge in [-0.2, -0.15) is 0 Å². The molecule has 0 amide bonds. The number of ether oxygens (including phenoxy) is 1. The molecule has 28 heavy (non-hydrogen) atoms. The lowest BCUT2D eigenvalue weighted by molar-refractivity contribution is 0.0526. The van der Waals surface area contributed by atoms with E-state index in [2.05, 4.69) is 31.8 Å². The number of hydrogen-bond donors (Lipinski definition) is 1. The van der Waals surface area contributed by atoms with Gasteiger partial charge in [-0.1, -0.05) is 65.4 Å². The van der Waals surface area contributed by atoms with E-state index < -0.39 is 0 Å². The van der Waals surface area contributed by atoms with Gasteiger partial charge in [0.1, 0.15) is 0 Å². The first-order chi connectivity index (χ1) is 13.5. The Morgan fingerprint density at radius 1 is 1.14 bits per heavy atom. The fourth-order valence-corrected chi connectivity index (χ4v) is 4.89. The molecule has 1 aromatic heterocycles. The van der Waals surface area contributed by atoms with E-state index >= 15 is 0 Å². The number of rotatable bonds is 9. The highest BCUT2D eigenvalue weighted by atomic mass is 16.5. The zero-order valence-corrected chi connectivity index (χ0v) is 18.2. The molecule has 0 saturated heterocycles. The predicted octanol–water partition coefficient (Wildman–Crippen LogP) is 7.15. The van der Waals surface area contributed by atoms with E-state index in [4.69, 9.17) is 4.74 Å². The van der Waals surface area contributed by atoms with Gasteiger partial charge in [0.2, 0.25) is 0 Å². The highest BCUT2D eigenvalue weighted by Gasteiger charge is 2.37. The summed E-state index contributed by atoms with van der Waals surface area (Å²) in [7, 11) is 0. The van der Waals surface area contributed by atoms with Gasteiger partial charge in [0.05, 0.1) is 12.2 Å². The van der Waals surface area contributed by atoms with E-state index in [1.54, 1.807) is 0 Å². The standard InChI is InChI=1S/C25H37NO2/c1-5-7-8-9-10-11-12-20-23-19-14-13-18(24(27)28-6-2)17-22(19)26-21(23)15-16-25(20,3)4/h13-14,17,20,26H,5-12,15-16H2,1-4H3. The quantitative estimate of drug-likeness (QED) is 0.369. The van der Waals surface area contributed by atoms with Gasteiger partial charge in [-0.05, 0) is 55.2 Å². The van der Waals surface area contributed by atoms with Gasteiger partial charge in [-0.15, -0.1) is 0 Å². The third kappa shape index (κ3) is 4.45. The fourth-order valence-electron chi connectivity index (χ4n) is 4.89. The van der Waals surface area contributed by atoms with Crippen molar-refractivity contribution in [1.29, 1.82) is 0 Å². The van der Waals surface area contributed by atoms with Crippen LogP contribution in [0.4, 0.5) is 0 Å². The lowest BCUT2D eigenvalue weighted by atomic mass is 9.65. The summed E-state index contributed by atoms with van der Waals surface area (Å²) < 4.78 is 5.17. The van der Waals surface area contributed by atoms with Crippen molar-refractivity contribution < 1.29 is 9.53 Å². The van der Waals surface area contributed by atoms with Crippen molar-refractivity contribution in [3.05, 3.63) is 35.0 Å². The lowest BCUT2D eigenvalue weighted by Gasteiger charge is -2.39. The maximum atomic E-state index is 12.1. The smallest absolute Gasteiger partial charge is 0.338 e. The van der Waals surface area contributed by atoms with E-state index in [1.165, 1.54) is 68.0 Å². The number of aromatic nitrogens is 1. The Bertz CT molecular complexity index is 802. The molecule has 1 atom stereocenters. The van der Waals surface area contributed by atoms with E-state index in [0.717, 1.165) is 11.9 Å². The van der Waals surface area contributed by atoms with Crippen LogP contribution in [0.25, 0.3) is 10.9 Å². The zero-order valence-electron chi connectivity index (χ0n) is 18.2. The molecule has 3 rings (SSSR count). The first kappa shape index (κ1) is 21.0. The average Bonchev–Trinajstić information content (AvgIpc) is 3.03. The second-order valence-corrected chi connectivity index (χ2v) is 9.10. The minimum absolute atomic E-state index is 0.235. The Hall–Kier alpha value is -1.77. The molecule has 1 aliphatic carbocycles. The Balaban J connectivity index is 1.82. The van der Waals surface area contributed by atoms with Crippen molar-refractivity contribution in [2.75, 3.05) is 6.61 Å².